The first-order valence-corrected chi connectivity index (χ1v) is 11.3. The van der Waals surface area contributed by atoms with Gasteiger partial charge in [-0.1, -0.05) is 38.8 Å². The lowest BCUT2D eigenvalue weighted by atomic mass is 9.47. The molecular weight excluding hydrogens is 320 g/mol. The Labute approximate surface area is 159 Å². The maximum atomic E-state index is 11.0. The van der Waals surface area contributed by atoms with E-state index >= 15 is 0 Å². The minimum absolute atomic E-state index is 0.342. The fourth-order valence-corrected chi connectivity index (χ4v) is 8.23. The number of carbonyl (C=O) groups is 1. The number of hydrogen-bond donors (Lipinski definition) is 1. The molecule has 2 nitrogen and oxygen atoms in total. The Kier molecular flexibility index (Phi) is 4.77. The zero-order chi connectivity index (χ0) is 18.5. The van der Waals surface area contributed by atoms with E-state index in [-0.39, 0.29) is 0 Å². The van der Waals surface area contributed by atoms with E-state index in [0.717, 1.165) is 30.1 Å². The molecule has 0 saturated heterocycles. The molecule has 0 bridgehead atoms. The molecule has 0 aromatic heterocycles. The summed E-state index contributed by atoms with van der Waals surface area (Å²) in [4.78, 5) is 11.0. The van der Waals surface area contributed by atoms with Gasteiger partial charge in [0.15, 0.2) is 0 Å². The summed E-state index contributed by atoms with van der Waals surface area (Å²) in [6, 6.07) is 0. The zero-order valence-electron chi connectivity index (χ0n) is 17.1. The molecule has 1 N–H and O–H groups in total. The molecule has 4 aliphatic rings. The summed E-state index contributed by atoms with van der Waals surface area (Å²) in [5.41, 5.74) is 2.75. The number of carboxylic acids is 1. The van der Waals surface area contributed by atoms with Crippen molar-refractivity contribution in [1.82, 2.24) is 0 Å². The number of rotatable bonds is 4. The predicted molar refractivity (Wildman–Crippen MR) is 106 cm³/mol. The van der Waals surface area contributed by atoms with E-state index in [2.05, 4.69) is 26.8 Å². The first kappa shape index (κ1) is 18.6. The van der Waals surface area contributed by atoms with Crippen molar-refractivity contribution >= 4 is 5.97 Å². The van der Waals surface area contributed by atoms with E-state index in [1.54, 1.807) is 5.57 Å². The van der Waals surface area contributed by atoms with Gasteiger partial charge in [-0.15, -0.1) is 0 Å². The van der Waals surface area contributed by atoms with E-state index < -0.39 is 5.97 Å². The molecule has 4 aliphatic carbocycles. The van der Waals surface area contributed by atoms with Crippen LogP contribution in [-0.4, -0.2) is 11.1 Å². The molecule has 0 aliphatic heterocycles. The van der Waals surface area contributed by atoms with Crippen molar-refractivity contribution in [2.45, 2.75) is 91.4 Å². The molecule has 7 unspecified atom stereocenters. The minimum atomic E-state index is -0.629. The van der Waals surface area contributed by atoms with E-state index in [1.165, 1.54) is 57.8 Å². The zero-order valence-corrected chi connectivity index (χ0v) is 17.1. The second-order valence-corrected chi connectivity index (χ2v) is 10.6. The number of carboxylic acid groups (broad SMARTS) is 1. The lowest BCUT2D eigenvalue weighted by Gasteiger charge is -2.58. The number of allylic oxidation sites excluding steroid dienone is 2. The van der Waals surface area contributed by atoms with Crippen LogP contribution in [0.2, 0.25) is 0 Å². The standard InChI is InChI=1S/C24H38O2/c1-16(7-12-22(25)26)19-10-11-20-18-9-8-17-6-4-5-14-23(17,2)21(18)13-15-24(19,20)3/h8,16,18-21H,4-7,9-15H2,1-3H3,(H,25,26). The highest BCUT2D eigenvalue weighted by Crippen LogP contribution is 2.67. The van der Waals surface area contributed by atoms with E-state index in [1.807, 2.05) is 0 Å². The maximum absolute atomic E-state index is 11.0. The largest absolute Gasteiger partial charge is 0.481 e. The van der Waals surface area contributed by atoms with Gasteiger partial charge >= 0.3 is 5.97 Å². The van der Waals surface area contributed by atoms with Gasteiger partial charge in [-0.25, -0.2) is 0 Å². The lowest BCUT2D eigenvalue weighted by molar-refractivity contribution is -0.137. The molecule has 0 spiro atoms. The van der Waals surface area contributed by atoms with Crippen molar-refractivity contribution in [2.24, 2.45) is 40.4 Å². The molecule has 146 valence electrons. The molecule has 0 radical (unpaired) electrons. The van der Waals surface area contributed by atoms with E-state index in [0.29, 0.717) is 23.2 Å². The van der Waals surface area contributed by atoms with E-state index in [9.17, 15) is 4.79 Å². The fourth-order valence-electron chi connectivity index (χ4n) is 8.23. The molecular formula is C24H38O2. The number of hydrogen-bond acceptors (Lipinski definition) is 1. The third kappa shape index (κ3) is 2.78. The first-order valence-electron chi connectivity index (χ1n) is 11.3. The molecule has 3 saturated carbocycles. The van der Waals surface area contributed by atoms with Crippen LogP contribution in [-0.2, 0) is 4.79 Å². The minimum Gasteiger partial charge on any atom is -0.481 e. The Morgan fingerprint density at radius 1 is 1.19 bits per heavy atom. The van der Waals surface area contributed by atoms with Gasteiger partial charge in [0.25, 0.3) is 0 Å². The van der Waals surface area contributed by atoms with Gasteiger partial charge in [-0.2, -0.15) is 0 Å². The SMILES string of the molecule is CC(CCC(=O)O)C1CCC2C3CC=C4CCCCC4(C)C3CCC12C. The van der Waals surface area contributed by atoms with Crippen LogP contribution in [0.4, 0.5) is 0 Å². The van der Waals surface area contributed by atoms with Gasteiger partial charge in [0.2, 0.25) is 0 Å². The molecule has 0 amide bonds. The number of fused-ring (bicyclic) bond motifs is 5. The quantitative estimate of drug-likeness (QED) is 0.586. The van der Waals surface area contributed by atoms with Gasteiger partial charge in [-0.05, 0) is 98.2 Å². The van der Waals surface area contributed by atoms with Crippen molar-refractivity contribution in [3.8, 4) is 0 Å². The molecule has 0 aromatic rings. The van der Waals surface area contributed by atoms with Crippen LogP contribution in [0.15, 0.2) is 11.6 Å². The van der Waals surface area contributed by atoms with Crippen LogP contribution in [0, 0.1) is 40.4 Å². The average molecular weight is 359 g/mol. The maximum Gasteiger partial charge on any atom is 0.303 e. The Bertz CT molecular complexity index is 593. The van der Waals surface area contributed by atoms with E-state index in [4.69, 9.17) is 5.11 Å². The molecule has 26 heavy (non-hydrogen) atoms. The van der Waals surface area contributed by atoms with Crippen LogP contribution < -0.4 is 0 Å². The average Bonchev–Trinajstić information content (AvgIpc) is 2.96. The van der Waals surface area contributed by atoms with Crippen LogP contribution >= 0.6 is 0 Å². The monoisotopic (exact) mass is 358 g/mol. The van der Waals surface area contributed by atoms with Crippen LogP contribution in [0.25, 0.3) is 0 Å². The molecule has 2 heteroatoms. The van der Waals surface area contributed by atoms with Gasteiger partial charge < -0.3 is 5.11 Å². The molecule has 7 atom stereocenters. The fraction of sp³-hybridized carbons (Fsp3) is 0.875. The normalized spacial score (nSPS) is 45.9. The summed E-state index contributed by atoms with van der Waals surface area (Å²) >= 11 is 0. The van der Waals surface area contributed by atoms with Gasteiger partial charge in [0.1, 0.15) is 0 Å². The summed E-state index contributed by atoms with van der Waals surface area (Å²) in [7, 11) is 0. The second-order valence-electron chi connectivity index (χ2n) is 10.6. The first-order chi connectivity index (χ1) is 12.4. The Balaban J connectivity index is 1.54. The Hall–Kier alpha value is -0.790. The summed E-state index contributed by atoms with van der Waals surface area (Å²) < 4.78 is 0. The summed E-state index contributed by atoms with van der Waals surface area (Å²) in [6.45, 7) is 7.50. The van der Waals surface area contributed by atoms with Crippen LogP contribution in [0.5, 0.6) is 0 Å². The lowest BCUT2D eigenvalue weighted by Crippen LogP contribution is -2.50. The molecule has 4 rings (SSSR count). The van der Waals surface area contributed by atoms with Gasteiger partial charge in [0, 0.05) is 6.42 Å². The third-order valence-corrected chi connectivity index (χ3v) is 9.59. The number of aliphatic carboxylic acids is 1. The summed E-state index contributed by atoms with van der Waals surface area (Å²) in [6.07, 6.45) is 16.3. The summed E-state index contributed by atoms with van der Waals surface area (Å²) in [5, 5.41) is 9.09. The third-order valence-electron chi connectivity index (χ3n) is 9.59. The highest BCUT2D eigenvalue weighted by Gasteiger charge is 2.58. The van der Waals surface area contributed by atoms with Crippen molar-refractivity contribution in [2.75, 3.05) is 0 Å². The highest BCUT2D eigenvalue weighted by atomic mass is 16.4. The van der Waals surface area contributed by atoms with Crippen molar-refractivity contribution in [3.05, 3.63) is 11.6 Å². The van der Waals surface area contributed by atoms with Gasteiger partial charge in [-0.3, -0.25) is 4.79 Å². The smallest absolute Gasteiger partial charge is 0.303 e. The van der Waals surface area contributed by atoms with Crippen molar-refractivity contribution < 1.29 is 9.90 Å². The Morgan fingerprint density at radius 2 is 2.00 bits per heavy atom. The topological polar surface area (TPSA) is 37.3 Å². The Morgan fingerprint density at radius 3 is 2.77 bits per heavy atom. The van der Waals surface area contributed by atoms with Crippen molar-refractivity contribution in [1.29, 1.82) is 0 Å². The van der Waals surface area contributed by atoms with Crippen LogP contribution in [0.3, 0.4) is 0 Å². The second kappa shape index (κ2) is 6.67. The summed E-state index contributed by atoms with van der Waals surface area (Å²) in [5.74, 6) is 3.33. The highest BCUT2D eigenvalue weighted by molar-refractivity contribution is 5.66. The molecule has 0 aromatic carbocycles. The van der Waals surface area contributed by atoms with Gasteiger partial charge in [0.05, 0.1) is 0 Å². The molecule has 0 heterocycles. The molecule has 3 fully saturated rings. The van der Waals surface area contributed by atoms with Crippen LogP contribution in [0.1, 0.15) is 91.4 Å². The predicted octanol–water partition coefficient (Wildman–Crippen LogP) is 6.46. The van der Waals surface area contributed by atoms with Crippen molar-refractivity contribution in [3.63, 3.8) is 0 Å².